The highest BCUT2D eigenvalue weighted by atomic mass is 32.2. The van der Waals surface area contributed by atoms with Crippen LogP contribution in [0.4, 0.5) is 5.82 Å². The van der Waals surface area contributed by atoms with Crippen molar-refractivity contribution in [3.8, 4) is 0 Å². The first-order valence-electron chi connectivity index (χ1n) is 5.11. The van der Waals surface area contributed by atoms with Crippen LogP contribution in [0.3, 0.4) is 0 Å². The Morgan fingerprint density at radius 1 is 1.38 bits per heavy atom. The number of nitrogens with zero attached hydrogens (tertiary/aromatic N) is 1. The van der Waals surface area contributed by atoms with Gasteiger partial charge < -0.3 is 5.73 Å². The maximum absolute atomic E-state index is 12.1. The Hall–Kier alpha value is -1.42. The van der Waals surface area contributed by atoms with Crippen LogP contribution in [0.1, 0.15) is 0 Å². The summed E-state index contributed by atoms with van der Waals surface area (Å²) in [6, 6.07) is 9.39. The maximum Gasteiger partial charge on any atom is 0.260 e. The molecule has 0 saturated carbocycles. The van der Waals surface area contributed by atoms with Crippen molar-refractivity contribution in [1.82, 2.24) is 4.57 Å². The number of rotatable bonds is 3. The zero-order valence-corrected chi connectivity index (χ0v) is 9.96. The second-order valence-electron chi connectivity index (χ2n) is 3.61. The van der Waals surface area contributed by atoms with Crippen LogP contribution >= 0.6 is 11.8 Å². The van der Waals surface area contributed by atoms with Gasteiger partial charge in [0.15, 0.2) is 0 Å². The summed E-state index contributed by atoms with van der Waals surface area (Å²) in [4.78, 5) is 12.1. The van der Waals surface area contributed by atoms with Gasteiger partial charge in [-0.15, -0.1) is 0 Å². The van der Waals surface area contributed by atoms with Crippen LogP contribution in [0.25, 0.3) is 10.8 Å². The number of hydrogen-bond acceptors (Lipinski definition) is 3. The molecular weight excluding hydrogens is 220 g/mol. The molecule has 2 aromatic rings. The molecule has 0 unspecified atom stereocenters. The van der Waals surface area contributed by atoms with E-state index in [-0.39, 0.29) is 5.56 Å². The predicted molar refractivity (Wildman–Crippen MR) is 71.0 cm³/mol. The van der Waals surface area contributed by atoms with Crippen molar-refractivity contribution in [1.29, 1.82) is 0 Å². The molecule has 1 aromatic heterocycles. The van der Waals surface area contributed by atoms with Gasteiger partial charge in [0.2, 0.25) is 0 Å². The summed E-state index contributed by atoms with van der Waals surface area (Å²) in [5, 5.41) is 1.64. The molecule has 84 valence electrons. The molecule has 0 bridgehead atoms. The molecule has 4 heteroatoms. The molecule has 1 heterocycles. The predicted octanol–water partition coefficient (Wildman–Crippen LogP) is 1.95. The van der Waals surface area contributed by atoms with E-state index in [4.69, 9.17) is 5.73 Å². The number of nitrogens with two attached hydrogens (primary N) is 1. The largest absolute Gasteiger partial charge is 0.385 e. The summed E-state index contributed by atoms with van der Waals surface area (Å²) in [7, 11) is 0. The second kappa shape index (κ2) is 4.61. The summed E-state index contributed by atoms with van der Waals surface area (Å²) in [6.45, 7) is 0.663. The number of pyridine rings is 1. The average Bonchev–Trinajstić information content (AvgIpc) is 2.29. The fraction of sp³-hybridized carbons (Fsp3) is 0.250. The number of aromatic nitrogens is 1. The average molecular weight is 234 g/mol. The van der Waals surface area contributed by atoms with Gasteiger partial charge in [-0.3, -0.25) is 9.36 Å². The van der Waals surface area contributed by atoms with Crippen molar-refractivity contribution in [3.63, 3.8) is 0 Å². The van der Waals surface area contributed by atoms with E-state index >= 15 is 0 Å². The number of anilines is 1. The highest BCUT2D eigenvalue weighted by Gasteiger charge is 2.05. The highest BCUT2D eigenvalue weighted by molar-refractivity contribution is 7.98. The molecule has 2 N–H and O–H groups in total. The van der Waals surface area contributed by atoms with E-state index < -0.39 is 0 Å². The quantitative estimate of drug-likeness (QED) is 0.883. The fourth-order valence-corrected chi connectivity index (χ4v) is 2.10. The van der Waals surface area contributed by atoms with Crippen molar-refractivity contribution >= 4 is 28.4 Å². The van der Waals surface area contributed by atoms with E-state index in [0.717, 1.165) is 16.5 Å². The molecule has 0 aliphatic rings. The number of fused-ring (bicyclic) bond motifs is 1. The Kier molecular flexibility index (Phi) is 3.19. The Balaban J connectivity index is 2.61. The summed E-state index contributed by atoms with van der Waals surface area (Å²) in [6.07, 6.45) is 2.02. The minimum Gasteiger partial charge on any atom is -0.385 e. The molecule has 0 fully saturated rings. The first-order chi connectivity index (χ1) is 7.74. The first kappa shape index (κ1) is 11.1. The Labute approximate surface area is 98.3 Å². The molecule has 0 atom stereocenters. The molecule has 0 radical (unpaired) electrons. The topological polar surface area (TPSA) is 48.0 Å². The lowest BCUT2D eigenvalue weighted by atomic mass is 10.1. The third-order valence-electron chi connectivity index (χ3n) is 2.57. The van der Waals surface area contributed by atoms with Gasteiger partial charge in [0.25, 0.3) is 5.56 Å². The van der Waals surface area contributed by atoms with Gasteiger partial charge in [-0.1, -0.05) is 18.2 Å². The SMILES string of the molecule is CSCCn1c(N)cc2ccccc2c1=O. The molecule has 0 amide bonds. The van der Waals surface area contributed by atoms with E-state index in [9.17, 15) is 4.79 Å². The van der Waals surface area contributed by atoms with Crippen LogP contribution in [0, 0.1) is 0 Å². The van der Waals surface area contributed by atoms with Crippen LogP contribution < -0.4 is 11.3 Å². The van der Waals surface area contributed by atoms with Gasteiger partial charge in [0.05, 0.1) is 0 Å². The molecule has 0 aliphatic carbocycles. The van der Waals surface area contributed by atoms with Crippen molar-refractivity contribution in [2.75, 3.05) is 17.7 Å². The fourth-order valence-electron chi connectivity index (χ4n) is 1.73. The van der Waals surface area contributed by atoms with Crippen LogP contribution in [-0.4, -0.2) is 16.6 Å². The molecule has 0 aliphatic heterocycles. The van der Waals surface area contributed by atoms with Gasteiger partial charge in [0, 0.05) is 17.7 Å². The van der Waals surface area contributed by atoms with E-state index in [1.54, 1.807) is 16.3 Å². The molecule has 2 rings (SSSR count). The Morgan fingerprint density at radius 3 is 2.88 bits per heavy atom. The van der Waals surface area contributed by atoms with Crippen LogP contribution in [0.2, 0.25) is 0 Å². The van der Waals surface area contributed by atoms with Crippen LogP contribution in [-0.2, 0) is 6.54 Å². The molecule has 1 aromatic carbocycles. The lowest BCUT2D eigenvalue weighted by molar-refractivity contribution is 0.755. The molecule has 3 nitrogen and oxygen atoms in total. The second-order valence-corrected chi connectivity index (χ2v) is 4.59. The summed E-state index contributed by atoms with van der Waals surface area (Å²) >= 11 is 1.70. The number of hydrogen-bond donors (Lipinski definition) is 1. The van der Waals surface area contributed by atoms with Crippen molar-refractivity contribution in [2.45, 2.75) is 6.54 Å². The molecule has 16 heavy (non-hydrogen) atoms. The van der Waals surface area contributed by atoms with Gasteiger partial charge in [0.1, 0.15) is 5.82 Å². The zero-order valence-electron chi connectivity index (χ0n) is 9.14. The van der Waals surface area contributed by atoms with Crippen LogP contribution in [0.5, 0.6) is 0 Å². The Morgan fingerprint density at radius 2 is 2.12 bits per heavy atom. The lowest BCUT2D eigenvalue weighted by Gasteiger charge is -2.10. The summed E-state index contributed by atoms with van der Waals surface area (Å²) < 4.78 is 1.64. The van der Waals surface area contributed by atoms with E-state index in [2.05, 4.69) is 0 Å². The minimum atomic E-state index is 0.00431. The summed E-state index contributed by atoms with van der Waals surface area (Å²) in [5.74, 6) is 1.43. The van der Waals surface area contributed by atoms with E-state index in [1.807, 2.05) is 36.6 Å². The zero-order chi connectivity index (χ0) is 11.5. The van der Waals surface area contributed by atoms with E-state index in [0.29, 0.717) is 12.4 Å². The smallest absolute Gasteiger partial charge is 0.260 e. The first-order valence-corrected chi connectivity index (χ1v) is 6.50. The van der Waals surface area contributed by atoms with E-state index in [1.165, 1.54) is 0 Å². The third kappa shape index (κ3) is 1.93. The van der Waals surface area contributed by atoms with Crippen molar-refractivity contribution < 1.29 is 0 Å². The normalized spacial score (nSPS) is 10.8. The monoisotopic (exact) mass is 234 g/mol. The molecule has 0 saturated heterocycles. The maximum atomic E-state index is 12.1. The third-order valence-corrected chi connectivity index (χ3v) is 3.16. The number of benzene rings is 1. The Bertz CT molecular complexity index is 562. The van der Waals surface area contributed by atoms with Gasteiger partial charge in [-0.25, -0.2) is 0 Å². The summed E-state index contributed by atoms with van der Waals surface area (Å²) in [5.41, 5.74) is 5.89. The van der Waals surface area contributed by atoms with Gasteiger partial charge >= 0.3 is 0 Å². The van der Waals surface area contributed by atoms with Crippen LogP contribution in [0.15, 0.2) is 35.1 Å². The minimum absolute atomic E-state index is 0.00431. The highest BCUT2D eigenvalue weighted by Crippen LogP contribution is 2.13. The standard InChI is InChI=1S/C12H14N2OS/c1-16-7-6-14-11(13)8-9-4-2-3-5-10(9)12(14)15/h2-5,8H,6-7,13H2,1H3. The number of nitrogen functional groups attached to an aromatic ring is 1. The lowest BCUT2D eigenvalue weighted by Crippen LogP contribution is -2.23. The van der Waals surface area contributed by atoms with Gasteiger partial charge in [-0.05, 0) is 23.8 Å². The molecular formula is C12H14N2OS. The van der Waals surface area contributed by atoms with Gasteiger partial charge in [-0.2, -0.15) is 11.8 Å². The number of thioether (sulfide) groups is 1. The van der Waals surface area contributed by atoms with Crippen molar-refractivity contribution in [2.24, 2.45) is 0 Å². The molecule has 0 spiro atoms. The van der Waals surface area contributed by atoms with Crippen molar-refractivity contribution in [3.05, 3.63) is 40.7 Å².